The summed E-state index contributed by atoms with van der Waals surface area (Å²) < 4.78 is 1.05. The van der Waals surface area contributed by atoms with Crippen molar-refractivity contribution in [1.82, 2.24) is 26.0 Å². The summed E-state index contributed by atoms with van der Waals surface area (Å²) in [6.45, 7) is 5.97. The van der Waals surface area contributed by atoms with E-state index in [1.807, 2.05) is 24.0 Å². The van der Waals surface area contributed by atoms with Crippen molar-refractivity contribution in [2.24, 2.45) is 0 Å². The molecule has 1 aromatic rings. The molecule has 0 bridgehead atoms. The molecule has 0 aromatic heterocycles. The summed E-state index contributed by atoms with van der Waals surface area (Å²) in [7, 11) is 0. The number of carbonyl (C=O) groups is 2. The molecule has 7 nitrogen and oxygen atoms in total. The zero-order valence-corrected chi connectivity index (χ0v) is 17.3. The summed E-state index contributed by atoms with van der Waals surface area (Å²) in [4.78, 5) is 28.8. The fraction of sp³-hybridized carbons (Fsp3) is 0.579. The van der Waals surface area contributed by atoms with E-state index in [0.29, 0.717) is 19.6 Å². The molecule has 2 fully saturated rings. The van der Waals surface area contributed by atoms with Gasteiger partial charge in [0, 0.05) is 43.2 Å². The number of amides is 2. The van der Waals surface area contributed by atoms with Gasteiger partial charge in [0.25, 0.3) is 0 Å². The Labute approximate surface area is 168 Å². The molecule has 2 unspecified atom stereocenters. The van der Waals surface area contributed by atoms with Gasteiger partial charge in [0.05, 0.1) is 6.54 Å². The van der Waals surface area contributed by atoms with Gasteiger partial charge in [-0.05, 0) is 37.5 Å². The molecule has 2 saturated heterocycles. The Morgan fingerprint density at radius 3 is 2.67 bits per heavy atom. The zero-order chi connectivity index (χ0) is 19.2. The van der Waals surface area contributed by atoms with Crippen molar-refractivity contribution in [2.75, 3.05) is 39.3 Å². The molecule has 1 aromatic carbocycles. The minimum absolute atomic E-state index is 0.0521. The maximum absolute atomic E-state index is 12.9. The van der Waals surface area contributed by atoms with E-state index in [-0.39, 0.29) is 23.9 Å². The lowest BCUT2D eigenvalue weighted by molar-refractivity contribution is -0.133. The predicted octanol–water partition coefficient (Wildman–Crippen LogP) is 1.03. The molecule has 0 spiro atoms. The lowest BCUT2D eigenvalue weighted by Crippen LogP contribution is -2.47. The van der Waals surface area contributed by atoms with Gasteiger partial charge in [0.1, 0.15) is 6.04 Å². The molecule has 0 aliphatic carbocycles. The molecule has 2 amide bonds. The Kier molecular flexibility index (Phi) is 7.23. The maximum Gasteiger partial charge on any atom is 0.241 e. The van der Waals surface area contributed by atoms with Crippen LogP contribution >= 0.6 is 15.9 Å². The van der Waals surface area contributed by atoms with Crippen LogP contribution < -0.4 is 16.2 Å². The molecule has 3 N–H and O–H groups in total. The third-order valence-electron chi connectivity index (χ3n) is 5.12. The minimum Gasteiger partial charge on any atom is -0.355 e. The summed E-state index contributed by atoms with van der Waals surface area (Å²) in [6.07, 6.45) is 1.63. The summed E-state index contributed by atoms with van der Waals surface area (Å²) in [5.74, 6) is 0.193. The average Bonchev–Trinajstić information content (AvgIpc) is 3.03. The number of nitrogens with one attached hydrogen (secondary N) is 3. The van der Waals surface area contributed by atoms with Gasteiger partial charge < -0.3 is 10.2 Å². The number of carbonyl (C=O) groups excluding carboxylic acids is 2. The van der Waals surface area contributed by atoms with Gasteiger partial charge in [0.2, 0.25) is 11.8 Å². The molecule has 2 aliphatic heterocycles. The third-order valence-corrected chi connectivity index (χ3v) is 5.64. The van der Waals surface area contributed by atoms with Gasteiger partial charge in [-0.2, -0.15) is 0 Å². The highest BCUT2D eigenvalue weighted by molar-refractivity contribution is 9.10. The first-order valence-corrected chi connectivity index (χ1v) is 10.4. The number of hydrazine groups is 1. The quantitative estimate of drug-likeness (QED) is 0.641. The Morgan fingerprint density at radius 2 is 1.93 bits per heavy atom. The lowest BCUT2D eigenvalue weighted by atomic mass is 10.0. The minimum atomic E-state index is -0.214. The first kappa shape index (κ1) is 20.3. The zero-order valence-electron chi connectivity index (χ0n) is 15.7. The molecule has 2 aliphatic rings. The molecule has 2 heterocycles. The summed E-state index contributed by atoms with van der Waals surface area (Å²) in [5.41, 5.74) is 7.59. The van der Waals surface area contributed by atoms with E-state index >= 15 is 0 Å². The van der Waals surface area contributed by atoms with Crippen LogP contribution in [-0.2, 0) is 9.59 Å². The Hall–Kier alpha value is -1.48. The van der Waals surface area contributed by atoms with Gasteiger partial charge in [-0.15, -0.1) is 0 Å². The number of hydrogen-bond donors (Lipinski definition) is 3. The fourth-order valence-electron chi connectivity index (χ4n) is 3.66. The number of halogens is 1. The molecule has 0 saturated carbocycles. The average molecular weight is 438 g/mol. The van der Waals surface area contributed by atoms with Gasteiger partial charge in [-0.1, -0.05) is 28.1 Å². The van der Waals surface area contributed by atoms with Crippen LogP contribution in [0.15, 0.2) is 28.7 Å². The van der Waals surface area contributed by atoms with Crippen LogP contribution in [0, 0.1) is 0 Å². The monoisotopic (exact) mass is 437 g/mol. The lowest BCUT2D eigenvalue weighted by Gasteiger charge is -2.24. The second-order valence-corrected chi connectivity index (χ2v) is 8.01. The van der Waals surface area contributed by atoms with Crippen LogP contribution in [0.1, 0.15) is 31.4 Å². The second kappa shape index (κ2) is 9.64. The van der Waals surface area contributed by atoms with Crippen molar-refractivity contribution in [3.8, 4) is 0 Å². The highest BCUT2D eigenvalue weighted by Crippen LogP contribution is 2.24. The van der Waals surface area contributed by atoms with Crippen molar-refractivity contribution >= 4 is 27.7 Å². The number of nitrogens with zero attached hydrogens (tertiary/aromatic N) is 2. The second-order valence-electron chi connectivity index (χ2n) is 7.09. The van der Waals surface area contributed by atoms with Crippen molar-refractivity contribution in [3.63, 3.8) is 0 Å². The molecule has 148 valence electrons. The Bertz CT molecular complexity index is 654. The van der Waals surface area contributed by atoms with Crippen LogP contribution in [0.3, 0.4) is 0 Å². The smallest absolute Gasteiger partial charge is 0.241 e. The van der Waals surface area contributed by atoms with Gasteiger partial charge in [0.15, 0.2) is 0 Å². The van der Waals surface area contributed by atoms with Crippen molar-refractivity contribution in [1.29, 1.82) is 0 Å². The van der Waals surface area contributed by atoms with Crippen LogP contribution in [0.25, 0.3) is 0 Å². The first-order valence-electron chi connectivity index (χ1n) is 9.61. The molecule has 8 heteroatoms. The van der Waals surface area contributed by atoms with E-state index in [0.717, 1.165) is 36.9 Å². The SMILES string of the molecule is CCNC(=O)CN1CCCN(C(=O)C2CC(c3ccc(Br)cc3)NN2)CC1. The number of likely N-dealkylation sites (N-methyl/N-ethyl adjacent to an activating group) is 1. The molecular formula is C19H28BrN5O2. The predicted molar refractivity (Wildman–Crippen MR) is 108 cm³/mol. The fourth-order valence-corrected chi connectivity index (χ4v) is 3.92. The summed E-state index contributed by atoms with van der Waals surface area (Å²) in [5, 5.41) is 2.83. The van der Waals surface area contributed by atoms with Gasteiger partial charge in [-0.25, -0.2) is 10.9 Å². The molecule has 3 rings (SSSR count). The number of hydrogen-bond acceptors (Lipinski definition) is 5. The van der Waals surface area contributed by atoms with E-state index in [1.54, 1.807) is 0 Å². The van der Waals surface area contributed by atoms with Crippen LogP contribution in [0.2, 0.25) is 0 Å². The molecule has 27 heavy (non-hydrogen) atoms. The Morgan fingerprint density at radius 1 is 1.15 bits per heavy atom. The highest BCUT2D eigenvalue weighted by atomic mass is 79.9. The molecular weight excluding hydrogens is 410 g/mol. The normalized spacial score (nSPS) is 23.9. The van der Waals surface area contributed by atoms with E-state index in [1.165, 1.54) is 5.56 Å². The number of benzene rings is 1. The van der Waals surface area contributed by atoms with Crippen molar-refractivity contribution < 1.29 is 9.59 Å². The van der Waals surface area contributed by atoms with Crippen molar-refractivity contribution in [3.05, 3.63) is 34.3 Å². The van der Waals surface area contributed by atoms with Crippen LogP contribution in [0.4, 0.5) is 0 Å². The van der Waals surface area contributed by atoms with E-state index in [4.69, 9.17) is 0 Å². The summed E-state index contributed by atoms with van der Waals surface area (Å²) in [6, 6.07) is 8.10. The topological polar surface area (TPSA) is 76.7 Å². The standard InChI is InChI=1S/C19H28BrN5O2/c1-2-21-18(26)13-24-8-3-9-25(11-10-24)19(27)17-12-16(22-23-17)14-4-6-15(20)7-5-14/h4-7,16-17,22-23H,2-3,8-13H2,1H3,(H,21,26). The van der Waals surface area contributed by atoms with Crippen LogP contribution in [0.5, 0.6) is 0 Å². The van der Waals surface area contributed by atoms with E-state index in [9.17, 15) is 9.59 Å². The first-order chi connectivity index (χ1) is 13.1. The number of rotatable bonds is 5. The largest absolute Gasteiger partial charge is 0.355 e. The maximum atomic E-state index is 12.9. The Balaban J connectivity index is 1.51. The van der Waals surface area contributed by atoms with Crippen LogP contribution in [-0.4, -0.2) is 66.9 Å². The summed E-state index contributed by atoms with van der Waals surface area (Å²) >= 11 is 3.45. The third kappa shape index (κ3) is 5.51. The van der Waals surface area contributed by atoms with Gasteiger partial charge in [-0.3, -0.25) is 14.5 Å². The highest BCUT2D eigenvalue weighted by Gasteiger charge is 2.33. The van der Waals surface area contributed by atoms with E-state index < -0.39 is 0 Å². The van der Waals surface area contributed by atoms with E-state index in [2.05, 4.69) is 49.1 Å². The van der Waals surface area contributed by atoms with Gasteiger partial charge >= 0.3 is 0 Å². The molecule has 2 atom stereocenters. The molecule has 0 radical (unpaired) electrons. The van der Waals surface area contributed by atoms with Crippen molar-refractivity contribution in [2.45, 2.75) is 31.8 Å².